The maximum atomic E-state index is 5.98. The van der Waals surface area contributed by atoms with Crippen LogP contribution in [0.25, 0.3) is 16.7 Å². The number of benzene rings is 1. The molecule has 1 aromatic carbocycles. The quantitative estimate of drug-likeness (QED) is 0.715. The van der Waals surface area contributed by atoms with E-state index in [4.69, 9.17) is 11.6 Å². The highest BCUT2D eigenvalue weighted by molar-refractivity contribution is 6.30. The lowest BCUT2D eigenvalue weighted by molar-refractivity contribution is 0.426. The number of halogens is 1. The van der Waals surface area contributed by atoms with Crippen molar-refractivity contribution >= 4 is 28.5 Å². The van der Waals surface area contributed by atoms with Gasteiger partial charge in [0.1, 0.15) is 12.1 Å². The van der Waals surface area contributed by atoms with Crippen molar-refractivity contribution in [1.82, 2.24) is 19.7 Å². The van der Waals surface area contributed by atoms with Gasteiger partial charge in [0, 0.05) is 18.1 Å². The van der Waals surface area contributed by atoms with Gasteiger partial charge in [-0.05, 0) is 37.1 Å². The van der Waals surface area contributed by atoms with Gasteiger partial charge in [0.15, 0.2) is 5.65 Å². The Kier molecular flexibility index (Phi) is 4.10. The lowest BCUT2D eigenvalue weighted by Gasteiger charge is -2.32. The van der Waals surface area contributed by atoms with E-state index in [1.165, 1.54) is 32.1 Å². The van der Waals surface area contributed by atoms with Crippen molar-refractivity contribution in [2.45, 2.75) is 38.1 Å². The predicted octanol–water partition coefficient (Wildman–Crippen LogP) is 4.24. The van der Waals surface area contributed by atoms with Gasteiger partial charge in [-0.1, -0.05) is 30.9 Å². The van der Waals surface area contributed by atoms with Gasteiger partial charge in [0.2, 0.25) is 0 Å². The van der Waals surface area contributed by atoms with Crippen LogP contribution in [-0.2, 0) is 0 Å². The van der Waals surface area contributed by atoms with E-state index in [2.05, 4.69) is 27.0 Å². The molecule has 1 aliphatic carbocycles. The van der Waals surface area contributed by atoms with Crippen LogP contribution in [0.2, 0.25) is 5.02 Å². The van der Waals surface area contributed by atoms with Crippen LogP contribution in [0.15, 0.2) is 36.8 Å². The fourth-order valence-electron chi connectivity index (χ4n) is 3.53. The van der Waals surface area contributed by atoms with Crippen molar-refractivity contribution in [2.75, 3.05) is 11.9 Å². The second kappa shape index (κ2) is 6.40. The van der Waals surface area contributed by atoms with Crippen LogP contribution in [0.4, 0.5) is 5.82 Å². The van der Waals surface area contributed by atoms with Crippen molar-refractivity contribution in [3.8, 4) is 5.69 Å². The van der Waals surface area contributed by atoms with Gasteiger partial charge >= 0.3 is 0 Å². The highest BCUT2D eigenvalue weighted by Gasteiger charge is 2.22. The number of nitrogens with zero attached hydrogens (tertiary/aromatic N) is 5. The average Bonchev–Trinajstić information content (AvgIpc) is 3.07. The van der Waals surface area contributed by atoms with Crippen molar-refractivity contribution in [3.63, 3.8) is 0 Å². The summed E-state index contributed by atoms with van der Waals surface area (Å²) in [6.07, 6.45) is 9.89. The highest BCUT2D eigenvalue weighted by atomic mass is 35.5. The van der Waals surface area contributed by atoms with E-state index in [-0.39, 0.29) is 0 Å². The van der Waals surface area contributed by atoms with Gasteiger partial charge in [-0.25, -0.2) is 14.6 Å². The molecule has 1 aliphatic rings. The molecule has 0 radical (unpaired) electrons. The third-order valence-electron chi connectivity index (χ3n) is 4.87. The predicted molar refractivity (Wildman–Crippen MR) is 96.9 cm³/mol. The van der Waals surface area contributed by atoms with Gasteiger partial charge in [-0.3, -0.25) is 0 Å². The number of hydrogen-bond donors (Lipinski definition) is 0. The molecule has 0 aliphatic heterocycles. The maximum Gasteiger partial charge on any atom is 0.168 e. The summed E-state index contributed by atoms with van der Waals surface area (Å²) in [6.45, 7) is 0. The summed E-state index contributed by atoms with van der Waals surface area (Å²) in [4.78, 5) is 11.3. The second-order valence-corrected chi connectivity index (χ2v) is 6.81. The molecule has 1 fully saturated rings. The van der Waals surface area contributed by atoms with Crippen LogP contribution < -0.4 is 4.90 Å². The van der Waals surface area contributed by atoms with E-state index < -0.39 is 0 Å². The zero-order valence-corrected chi connectivity index (χ0v) is 14.4. The molecule has 0 amide bonds. The first kappa shape index (κ1) is 15.4. The average molecular weight is 342 g/mol. The third-order valence-corrected chi connectivity index (χ3v) is 5.12. The number of fused-ring (bicyclic) bond motifs is 1. The Morgan fingerprint density at radius 3 is 2.58 bits per heavy atom. The summed E-state index contributed by atoms with van der Waals surface area (Å²) in [7, 11) is 2.14. The smallest absolute Gasteiger partial charge is 0.168 e. The molecule has 0 unspecified atom stereocenters. The molecular weight excluding hydrogens is 322 g/mol. The van der Waals surface area contributed by atoms with Crippen molar-refractivity contribution in [2.24, 2.45) is 0 Å². The van der Waals surface area contributed by atoms with Crippen molar-refractivity contribution < 1.29 is 0 Å². The van der Waals surface area contributed by atoms with Crippen molar-refractivity contribution in [1.29, 1.82) is 0 Å². The molecule has 1 saturated carbocycles. The van der Waals surface area contributed by atoms with E-state index in [9.17, 15) is 0 Å². The van der Waals surface area contributed by atoms with E-state index in [1.54, 1.807) is 6.33 Å². The number of rotatable bonds is 3. The molecule has 0 bridgehead atoms. The van der Waals surface area contributed by atoms with E-state index in [1.807, 2.05) is 35.1 Å². The normalized spacial score (nSPS) is 15.8. The zero-order valence-electron chi connectivity index (χ0n) is 13.7. The molecule has 24 heavy (non-hydrogen) atoms. The first-order chi connectivity index (χ1) is 11.7. The monoisotopic (exact) mass is 341 g/mol. The van der Waals surface area contributed by atoms with Gasteiger partial charge < -0.3 is 4.90 Å². The minimum absolute atomic E-state index is 0.552. The molecule has 0 saturated heterocycles. The van der Waals surface area contributed by atoms with E-state index in [0.29, 0.717) is 11.1 Å². The van der Waals surface area contributed by atoms with Crippen LogP contribution in [-0.4, -0.2) is 32.8 Å². The summed E-state index contributed by atoms with van der Waals surface area (Å²) in [5.74, 6) is 0.965. The van der Waals surface area contributed by atoms with Crippen LogP contribution in [0.1, 0.15) is 32.1 Å². The van der Waals surface area contributed by atoms with Crippen molar-refractivity contribution in [3.05, 3.63) is 41.8 Å². The Hall–Kier alpha value is -2.14. The van der Waals surface area contributed by atoms with Gasteiger partial charge in [-0.2, -0.15) is 5.10 Å². The molecule has 3 aromatic rings. The molecule has 2 aromatic heterocycles. The van der Waals surface area contributed by atoms with Crippen LogP contribution in [0, 0.1) is 0 Å². The molecule has 0 N–H and O–H groups in total. The Morgan fingerprint density at radius 2 is 1.83 bits per heavy atom. The molecule has 4 rings (SSSR count). The number of aromatic nitrogens is 4. The Bertz CT molecular complexity index is 836. The molecule has 0 atom stereocenters. The fourth-order valence-corrected chi connectivity index (χ4v) is 3.65. The number of hydrogen-bond acceptors (Lipinski definition) is 4. The van der Waals surface area contributed by atoms with E-state index >= 15 is 0 Å². The topological polar surface area (TPSA) is 46.8 Å². The first-order valence-electron chi connectivity index (χ1n) is 8.41. The highest BCUT2D eigenvalue weighted by Crippen LogP contribution is 2.29. The number of anilines is 1. The molecule has 2 heterocycles. The Morgan fingerprint density at radius 1 is 1.08 bits per heavy atom. The minimum atomic E-state index is 0.552. The largest absolute Gasteiger partial charge is 0.356 e. The summed E-state index contributed by atoms with van der Waals surface area (Å²) in [5, 5.41) is 6.23. The van der Waals surface area contributed by atoms with E-state index in [0.717, 1.165) is 22.5 Å². The maximum absolute atomic E-state index is 5.98. The molecule has 6 heteroatoms. The zero-order chi connectivity index (χ0) is 16.5. The molecular formula is C18H20ClN5. The summed E-state index contributed by atoms with van der Waals surface area (Å²) in [5.41, 5.74) is 1.77. The third kappa shape index (κ3) is 2.73. The SMILES string of the molecule is CN(c1ncnc2c1cnn2-c1ccc(Cl)cc1)C1CCCCC1. The summed E-state index contributed by atoms with van der Waals surface area (Å²) < 4.78 is 1.84. The lowest BCUT2D eigenvalue weighted by atomic mass is 9.94. The van der Waals surface area contributed by atoms with Crippen LogP contribution in [0.3, 0.4) is 0 Å². The Labute approximate surface area is 146 Å². The summed E-state index contributed by atoms with van der Waals surface area (Å²) >= 11 is 5.98. The fraction of sp³-hybridized carbons (Fsp3) is 0.389. The first-order valence-corrected chi connectivity index (χ1v) is 8.79. The standard InChI is InChI=1S/C18H20ClN5/c1-23(14-5-3-2-4-6-14)17-16-11-22-24(18(16)21-12-20-17)15-9-7-13(19)8-10-15/h7-12,14H,2-6H2,1H3. The van der Waals surface area contributed by atoms with Gasteiger partial charge in [0.25, 0.3) is 0 Å². The van der Waals surface area contributed by atoms with Crippen LogP contribution in [0.5, 0.6) is 0 Å². The molecule has 0 spiro atoms. The van der Waals surface area contributed by atoms with Gasteiger partial charge in [0.05, 0.1) is 17.3 Å². The minimum Gasteiger partial charge on any atom is -0.356 e. The summed E-state index contributed by atoms with van der Waals surface area (Å²) in [6, 6.07) is 8.17. The second-order valence-electron chi connectivity index (χ2n) is 6.37. The lowest BCUT2D eigenvalue weighted by Crippen LogP contribution is -2.34. The molecule has 5 nitrogen and oxygen atoms in total. The Balaban J connectivity index is 1.74. The van der Waals surface area contributed by atoms with Gasteiger partial charge in [-0.15, -0.1) is 0 Å². The molecule has 124 valence electrons. The van der Waals surface area contributed by atoms with Crippen LogP contribution >= 0.6 is 11.6 Å².